The standard InChI is InChI=1S/C24H36N4O2S/c1-6-16-31(29,30)28-14-12-27(13-15-28)24-22(17-21-10-8-18(3)9-11-21)20(5)25-23(26-24)19(4)7-2/h8-11,19H,6-7,12-17H2,1-5H3/t19-/m1/s1. The number of rotatable bonds is 8. The van der Waals surface area contributed by atoms with Crippen LogP contribution in [0.1, 0.15) is 67.7 Å². The number of anilines is 1. The topological polar surface area (TPSA) is 66.4 Å². The third-order valence-corrected chi connectivity index (χ3v) is 8.23. The predicted octanol–water partition coefficient (Wildman–Crippen LogP) is 4.06. The molecule has 0 amide bonds. The average Bonchev–Trinajstić information content (AvgIpc) is 2.76. The van der Waals surface area contributed by atoms with E-state index in [0.717, 1.165) is 35.7 Å². The molecule has 1 aromatic heterocycles. The molecule has 1 aromatic carbocycles. The molecular weight excluding hydrogens is 408 g/mol. The maximum atomic E-state index is 12.5. The van der Waals surface area contributed by atoms with E-state index in [1.54, 1.807) is 4.31 Å². The smallest absolute Gasteiger partial charge is 0.214 e. The molecule has 1 atom stereocenters. The first-order chi connectivity index (χ1) is 14.7. The van der Waals surface area contributed by atoms with Gasteiger partial charge in [0.1, 0.15) is 11.6 Å². The number of piperazine rings is 1. The highest BCUT2D eigenvalue weighted by atomic mass is 32.2. The predicted molar refractivity (Wildman–Crippen MR) is 127 cm³/mol. The van der Waals surface area contributed by atoms with E-state index in [0.29, 0.717) is 32.6 Å². The lowest BCUT2D eigenvalue weighted by Crippen LogP contribution is -2.49. The Kier molecular flexibility index (Phi) is 7.70. The highest BCUT2D eigenvalue weighted by molar-refractivity contribution is 7.89. The fourth-order valence-electron chi connectivity index (χ4n) is 3.95. The van der Waals surface area contributed by atoms with Gasteiger partial charge in [-0.2, -0.15) is 4.31 Å². The lowest BCUT2D eigenvalue weighted by molar-refractivity contribution is 0.383. The molecule has 0 aliphatic carbocycles. The van der Waals surface area contributed by atoms with Crippen LogP contribution >= 0.6 is 0 Å². The van der Waals surface area contributed by atoms with E-state index in [2.05, 4.69) is 56.9 Å². The van der Waals surface area contributed by atoms with Gasteiger partial charge >= 0.3 is 0 Å². The van der Waals surface area contributed by atoms with Gasteiger partial charge in [0.2, 0.25) is 10.0 Å². The Morgan fingerprint density at radius 2 is 1.65 bits per heavy atom. The second-order valence-corrected chi connectivity index (χ2v) is 10.7. The van der Waals surface area contributed by atoms with Crippen molar-refractivity contribution in [3.8, 4) is 0 Å². The van der Waals surface area contributed by atoms with Crippen molar-refractivity contribution in [2.75, 3.05) is 36.8 Å². The molecule has 0 unspecified atom stereocenters. The lowest BCUT2D eigenvalue weighted by Gasteiger charge is -2.36. The maximum Gasteiger partial charge on any atom is 0.214 e. The van der Waals surface area contributed by atoms with Gasteiger partial charge in [-0.15, -0.1) is 0 Å². The molecule has 2 heterocycles. The van der Waals surface area contributed by atoms with Crippen LogP contribution in [-0.2, 0) is 16.4 Å². The minimum absolute atomic E-state index is 0.219. The number of benzene rings is 1. The SMILES string of the molecule is CCCS(=O)(=O)N1CCN(c2nc([C@H](C)CC)nc(C)c2Cc2ccc(C)cc2)CC1. The van der Waals surface area contributed by atoms with Crippen LogP contribution in [0.15, 0.2) is 24.3 Å². The zero-order valence-electron chi connectivity index (χ0n) is 19.6. The van der Waals surface area contributed by atoms with Gasteiger partial charge < -0.3 is 4.90 Å². The summed E-state index contributed by atoms with van der Waals surface area (Å²) >= 11 is 0. The molecule has 0 spiro atoms. The first-order valence-corrected chi connectivity index (χ1v) is 13.0. The highest BCUT2D eigenvalue weighted by Crippen LogP contribution is 2.28. The summed E-state index contributed by atoms with van der Waals surface area (Å²) in [6.07, 6.45) is 2.41. The van der Waals surface area contributed by atoms with Crippen LogP contribution in [-0.4, -0.2) is 54.6 Å². The third kappa shape index (κ3) is 5.63. The van der Waals surface area contributed by atoms with Gasteiger partial charge in [-0.3, -0.25) is 0 Å². The van der Waals surface area contributed by atoms with Gasteiger partial charge in [0.05, 0.1) is 5.75 Å². The van der Waals surface area contributed by atoms with E-state index in [1.165, 1.54) is 11.1 Å². The molecule has 170 valence electrons. The Bertz CT molecular complexity index is 981. The number of aryl methyl sites for hydroxylation is 2. The molecule has 6 nitrogen and oxygen atoms in total. The lowest BCUT2D eigenvalue weighted by atomic mass is 10.0. The van der Waals surface area contributed by atoms with Crippen LogP contribution in [0, 0.1) is 13.8 Å². The minimum atomic E-state index is -3.16. The summed E-state index contributed by atoms with van der Waals surface area (Å²) in [6, 6.07) is 8.60. The third-order valence-electron chi connectivity index (χ3n) is 6.16. The van der Waals surface area contributed by atoms with Crippen LogP contribution in [0.2, 0.25) is 0 Å². The molecule has 0 radical (unpaired) electrons. The number of hydrogen-bond acceptors (Lipinski definition) is 5. The average molecular weight is 445 g/mol. The van der Waals surface area contributed by atoms with Crippen molar-refractivity contribution >= 4 is 15.8 Å². The monoisotopic (exact) mass is 444 g/mol. The number of nitrogens with zero attached hydrogens (tertiary/aromatic N) is 4. The van der Waals surface area contributed by atoms with Crippen molar-refractivity contribution < 1.29 is 8.42 Å². The van der Waals surface area contributed by atoms with E-state index < -0.39 is 10.0 Å². The normalized spacial score (nSPS) is 16.5. The molecule has 1 fully saturated rings. The van der Waals surface area contributed by atoms with Crippen LogP contribution in [0.3, 0.4) is 0 Å². The van der Waals surface area contributed by atoms with Crippen molar-refractivity contribution in [3.05, 3.63) is 52.5 Å². The van der Waals surface area contributed by atoms with E-state index in [4.69, 9.17) is 9.97 Å². The second kappa shape index (κ2) is 10.1. The molecule has 31 heavy (non-hydrogen) atoms. The van der Waals surface area contributed by atoms with E-state index in [-0.39, 0.29) is 11.7 Å². The molecular formula is C24H36N4O2S. The Morgan fingerprint density at radius 3 is 2.23 bits per heavy atom. The Balaban J connectivity index is 1.91. The summed E-state index contributed by atoms with van der Waals surface area (Å²) in [5.41, 5.74) is 4.63. The molecule has 2 aromatic rings. The Morgan fingerprint density at radius 1 is 1.00 bits per heavy atom. The molecule has 0 bridgehead atoms. The van der Waals surface area contributed by atoms with Gasteiger partial charge in [-0.1, -0.05) is 50.6 Å². The summed E-state index contributed by atoms with van der Waals surface area (Å²) < 4.78 is 26.6. The minimum Gasteiger partial charge on any atom is -0.354 e. The van der Waals surface area contributed by atoms with Crippen LogP contribution in [0.5, 0.6) is 0 Å². The first-order valence-electron chi connectivity index (χ1n) is 11.4. The number of hydrogen-bond donors (Lipinski definition) is 0. The van der Waals surface area contributed by atoms with Gasteiger partial charge in [0.25, 0.3) is 0 Å². The van der Waals surface area contributed by atoms with Crippen molar-refractivity contribution in [1.29, 1.82) is 0 Å². The maximum absolute atomic E-state index is 12.5. The molecule has 1 saturated heterocycles. The van der Waals surface area contributed by atoms with Gasteiger partial charge in [-0.05, 0) is 32.3 Å². The molecule has 1 aliphatic rings. The summed E-state index contributed by atoms with van der Waals surface area (Å²) in [6.45, 7) is 12.7. The number of aromatic nitrogens is 2. The zero-order valence-corrected chi connectivity index (χ0v) is 20.4. The van der Waals surface area contributed by atoms with Crippen LogP contribution < -0.4 is 4.90 Å². The van der Waals surface area contributed by atoms with Crippen molar-refractivity contribution in [3.63, 3.8) is 0 Å². The second-order valence-electron chi connectivity index (χ2n) is 8.64. The summed E-state index contributed by atoms with van der Waals surface area (Å²) in [5, 5.41) is 0. The largest absolute Gasteiger partial charge is 0.354 e. The van der Waals surface area contributed by atoms with Gasteiger partial charge in [0, 0.05) is 49.8 Å². The van der Waals surface area contributed by atoms with Crippen LogP contribution in [0.4, 0.5) is 5.82 Å². The fourth-order valence-corrected chi connectivity index (χ4v) is 5.44. The Hall–Kier alpha value is -1.99. The summed E-state index contributed by atoms with van der Waals surface area (Å²) in [7, 11) is -3.16. The van der Waals surface area contributed by atoms with Crippen LogP contribution in [0.25, 0.3) is 0 Å². The summed E-state index contributed by atoms with van der Waals surface area (Å²) in [5.74, 6) is 2.35. The molecule has 7 heteroatoms. The van der Waals surface area contributed by atoms with Crippen molar-refractivity contribution in [2.24, 2.45) is 0 Å². The highest BCUT2D eigenvalue weighted by Gasteiger charge is 2.28. The summed E-state index contributed by atoms with van der Waals surface area (Å²) in [4.78, 5) is 12.1. The van der Waals surface area contributed by atoms with E-state index in [9.17, 15) is 8.42 Å². The quantitative estimate of drug-likeness (QED) is 0.614. The first kappa shape index (κ1) is 23.7. The zero-order chi connectivity index (χ0) is 22.6. The van der Waals surface area contributed by atoms with Crippen molar-refractivity contribution in [2.45, 2.75) is 59.8 Å². The molecule has 0 saturated carbocycles. The van der Waals surface area contributed by atoms with E-state index in [1.807, 2.05) is 6.92 Å². The molecule has 1 aliphatic heterocycles. The van der Waals surface area contributed by atoms with Gasteiger partial charge in [0.15, 0.2) is 0 Å². The van der Waals surface area contributed by atoms with E-state index >= 15 is 0 Å². The number of sulfonamides is 1. The fraction of sp³-hybridized carbons (Fsp3) is 0.583. The van der Waals surface area contributed by atoms with Crippen molar-refractivity contribution in [1.82, 2.24) is 14.3 Å². The molecule has 3 rings (SSSR count). The molecule has 0 N–H and O–H groups in total. The Labute approximate surface area is 187 Å². The van der Waals surface area contributed by atoms with Gasteiger partial charge in [-0.25, -0.2) is 18.4 Å².